The van der Waals surface area contributed by atoms with E-state index in [4.69, 9.17) is 161 Å². The van der Waals surface area contributed by atoms with Crippen molar-refractivity contribution in [2.24, 2.45) is 0 Å². The highest BCUT2D eigenvalue weighted by Crippen LogP contribution is 2.55. The van der Waals surface area contributed by atoms with E-state index >= 15 is 0 Å². The highest BCUT2D eigenvalue weighted by Gasteiger charge is 2.40. The first kappa shape index (κ1) is 104. The van der Waals surface area contributed by atoms with Crippen LogP contribution in [0, 0.1) is 66.4 Å². The Morgan fingerprint density at radius 3 is 0.906 bits per heavy atom. The van der Waals surface area contributed by atoms with Crippen LogP contribution in [0.4, 0.5) is 25.8 Å². The highest BCUT2D eigenvalue weighted by molar-refractivity contribution is 6.54. The van der Waals surface area contributed by atoms with E-state index < -0.39 is 61.2 Å². The molecule has 714 valence electrons. The molecule has 0 saturated carbocycles. The van der Waals surface area contributed by atoms with Gasteiger partial charge in [-0.1, -0.05) is 212 Å². The van der Waals surface area contributed by atoms with E-state index in [2.05, 4.69) is 57.9 Å². The first-order valence-electron chi connectivity index (χ1n) is 42.4. The molecule has 3 aromatic carbocycles. The second-order valence-corrected chi connectivity index (χ2v) is 38.6. The van der Waals surface area contributed by atoms with Gasteiger partial charge in [0.1, 0.15) is 61.9 Å². The number of rotatable bonds is 15. The van der Waals surface area contributed by atoms with Gasteiger partial charge in [-0.05, 0) is 131 Å². The van der Waals surface area contributed by atoms with Crippen molar-refractivity contribution in [3.05, 3.63) is 251 Å². The Morgan fingerprint density at radius 2 is 0.659 bits per heavy atom. The zero-order chi connectivity index (χ0) is 101. The molecule has 0 radical (unpaired) electrons. The van der Waals surface area contributed by atoms with E-state index in [0.29, 0.717) is 112 Å². The number of nitriles is 3. The Kier molecular flexibility index (Phi) is 31.4. The molecule has 27 nitrogen and oxygen atoms in total. The number of carbonyl (C=O) groups excluding carboxylic acids is 3. The molecule has 0 aliphatic carbocycles. The normalized spacial score (nSPS) is 15.0. The van der Waals surface area contributed by atoms with Crippen LogP contribution >= 0.6 is 151 Å². The third kappa shape index (κ3) is 18.4. The summed E-state index contributed by atoms with van der Waals surface area (Å²) < 4.78 is 33.1. The van der Waals surface area contributed by atoms with E-state index in [9.17, 15) is 68.7 Å². The average Bonchev–Trinajstić information content (AvgIpc) is 0.726. The SMILES string of the molecule is C=CC(=O)N1CCN(c2c(C#N)c(=O)n(-c3c(C)ccnc3C(C)C)c3nc(-c4c(Cl)c(O)c(Cl)c(Cl)c4Cl)c(Cl)cc23)C[C@H]1C.C=CC(=O)N1CCN(c2c(C#N)c(=O)n(-c3c(C)ccnc3C(C)C)c3nc(-c4c(Cl)c(O)c(Cl)c(Cl)c4Cl)c(Cl)cc23)C[C@H]1C.C=CC(=O)N1CCN(c2c(C#N)c(=O)n(-c3c(C)ccnc3C(C)C)c3nc(-c4c(Cl)c(O)c(F)c(F)c4Cl)c(Cl)cc23)C[C@H]1C. The summed E-state index contributed by atoms with van der Waals surface area (Å²) in [5.74, 6) is -6.52. The zero-order valence-electron chi connectivity index (χ0n) is 75.4. The fraction of sp³-hybridized carbons (Fsp3) is 0.281. The highest BCUT2D eigenvalue weighted by atomic mass is 35.5. The first-order valence-corrected chi connectivity index (χ1v) is 47.3. The van der Waals surface area contributed by atoms with Crippen molar-refractivity contribution in [1.82, 2.24) is 58.3 Å². The number of phenolic OH excluding ortho intramolecular Hbond substituents is 3. The lowest BCUT2D eigenvalue weighted by atomic mass is 10.0. The topological polar surface area (TPSA) is 346 Å². The second kappa shape index (κ2) is 41.6. The van der Waals surface area contributed by atoms with Crippen molar-refractivity contribution >= 4 is 219 Å². The van der Waals surface area contributed by atoms with Gasteiger partial charge in [-0.2, -0.15) is 20.2 Å². The van der Waals surface area contributed by atoms with Gasteiger partial charge in [0.15, 0.2) is 23.1 Å². The molecule has 15 rings (SSSR count). The Balaban J connectivity index is 0.000000175. The first-order chi connectivity index (χ1) is 65.2. The number of fused-ring (bicyclic) bond motifs is 3. The molecule has 3 fully saturated rings. The number of pyridine rings is 9. The summed E-state index contributed by atoms with van der Waals surface area (Å²) in [6.45, 7) is 36.0. The largest absolute Gasteiger partial charge is 0.505 e. The van der Waals surface area contributed by atoms with Crippen molar-refractivity contribution in [1.29, 1.82) is 15.8 Å². The Morgan fingerprint density at radius 1 is 0.399 bits per heavy atom. The van der Waals surface area contributed by atoms with Gasteiger partial charge in [0.2, 0.25) is 23.5 Å². The van der Waals surface area contributed by atoms with Gasteiger partial charge >= 0.3 is 0 Å². The van der Waals surface area contributed by atoms with Crippen molar-refractivity contribution < 1.29 is 38.5 Å². The van der Waals surface area contributed by atoms with Crippen LogP contribution in [-0.4, -0.2) is 168 Å². The lowest BCUT2D eigenvalue weighted by molar-refractivity contribution is -0.129. The Labute approximate surface area is 854 Å². The Hall–Kier alpha value is -11.3. The lowest BCUT2D eigenvalue weighted by Gasteiger charge is -2.41. The van der Waals surface area contributed by atoms with Crippen molar-refractivity contribution in [3.8, 4) is 86.3 Å². The third-order valence-electron chi connectivity index (χ3n) is 24.0. The molecule has 42 heteroatoms. The second-order valence-electron chi connectivity index (χ2n) is 33.6. The fourth-order valence-electron chi connectivity index (χ4n) is 17.4. The number of phenols is 3. The molecule has 0 spiro atoms. The third-order valence-corrected chi connectivity index (χ3v) is 28.9. The molecule has 0 unspecified atom stereocenters. The molecule has 3 N–H and O–H groups in total. The van der Waals surface area contributed by atoms with Crippen LogP contribution in [0.1, 0.15) is 131 Å². The number of nitrogens with zero attached hydrogens (tertiary/aromatic N) is 18. The van der Waals surface area contributed by atoms with Gasteiger partial charge in [0.25, 0.3) is 16.7 Å². The predicted molar refractivity (Wildman–Crippen MR) is 543 cm³/mol. The van der Waals surface area contributed by atoms with E-state index in [-0.39, 0.29) is 201 Å². The van der Waals surface area contributed by atoms with E-state index in [1.807, 2.05) is 90.9 Å². The molecule has 0 bridgehead atoms. The van der Waals surface area contributed by atoms with E-state index in [1.165, 1.54) is 38.0 Å². The van der Waals surface area contributed by atoms with Crippen molar-refractivity contribution in [2.45, 2.75) is 119 Å². The monoisotopic (exact) mass is 2120 g/mol. The maximum Gasteiger partial charge on any atom is 0.276 e. The minimum absolute atomic E-state index is 0.00390. The number of carbonyl (C=O) groups is 3. The van der Waals surface area contributed by atoms with Crippen LogP contribution in [-0.2, 0) is 14.4 Å². The minimum atomic E-state index is -1.65. The molecular formula is C96H81Cl13F2N18O9. The molecule has 3 amide bonds. The van der Waals surface area contributed by atoms with Crippen LogP contribution in [0.25, 0.3) is 83.9 Å². The number of amides is 3. The smallest absolute Gasteiger partial charge is 0.276 e. The number of aromatic hydroxyl groups is 3. The van der Waals surface area contributed by atoms with Crippen LogP contribution in [0.2, 0.25) is 65.3 Å². The van der Waals surface area contributed by atoms with Crippen LogP contribution in [0.3, 0.4) is 0 Å². The molecule has 12 aromatic rings. The van der Waals surface area contributed by atoms with E-state index in [1.54, 1.807) is 70.5 Å². The van der Waals surface area contributed by atoms with Crippen LogP contribution in [0.5, 0.6) is 17.2 Å². The maximum atomic E-state index is 14.8. The molecule has 3 saturated heterocycles. The minimum Gasteiger partial charge on any atom is -0.505 e. The molecule has 3 atom stereocenters. The number of anilines is 3. The van der Waals surface area contributed by atoms with Gasteiger partial charge < -0.3 is 44.7 Å². The number of piperazine rings is 3. The number of aryl methyl sites for hydroxylation is 3. The lowest BCUT2D eigenvalue weighted by Crippen LogP contribution is -2.54. The Bertz CT molecular complexity index is 6780. The molecule has 138 heavy (non-hydrogen) atoms. The summed E-state index contributed by atoms with van der Waals surface area (Å²) in [7, 11) is 0. The molecule has 12 heterocycles. The summed E-state index contributed by atoms with van der Waals surface area (Å²) in [5, 5.41) is 61.0. The van der Waals surface area contributed by atoms with E-state index in [0.717, 1.165) is 0 Å². The van der Waals surface area contributed by atoms with Gasteiger partial charge in [-0.25, -0.2) is 19.3 Å². The fourth-order valence-corrected chi connectivity index (χ4v) is 20.9. The number of hydrogen-bond acceptors (Lipinski definition) is 21. The number of benzene rings is 3. The zero-order valence-corrected chi connectivity index (χ0v) is 85.2. The summed E-state index contributed by atoms with van der Waals surface area (Å²) in [4.78, 5) is 120. The van der Waals surface area contributed by atoms with Crippen LogP contribution < -0.4 is 31.4 Å². The van der Waals surface area contributed by atoms with Crippen molar-refractivity contribution in [2.75, 3.05) is 73.6 Å². The van der Waals surface area contributed by atoms with Gasteiger partial charge in [-0.3, -0.25) is 57.4 Å². The summed E-state index contributed by atoms with van der Waals surface area (Å²) in [5.41, 5.74) is 3.19. The number of halogens is 15. The predicted octanol–water partition coefficient (Wildman–Crippen LogP) is 22.8. The summed E-state index contributed by atoms with van der Waals surface area (Å²) in [6, 6.07) is 15.3. The maximum absolute atomic E-state index is 14.8. The number of hydrogen-bond donors (Lipinski definition) is 3. The summed E-state index contributed by atoms with van der Waals surface area (Å²) in [6.07, 6.45) is 8.65. The standard InChI is InChI=1S/2C32H27Cl5N6O3.C32H27Cl3F2N6O3/c3*1-6-20(44)42-10-9-41(13-16(42)5)29-17-11-19(33)27(21-22(34)24(36)25(37)30(45)23(21)35)40-31(17)43(32(46)18(29)12-38)28-15(4)7-8-39-26(28)14(2)3/h3*6-8,11,14,16,45H,1,9-10,13H2,2-5H3/t3*16-/m111/s1. The molecular weight excluding hydrogens is 2050 g/mol. The van der Waals surface area contributed by atoms with Crippen LogP contribution in [0.15, 0.2) is 107 Å². The van der Waals surface area contributed by atoms with Gasteiger partial charge in [0, 0.05) is 128 Å². The average molecular weight is 2130 g/mol. The van der Waals surface area contributed by atoms with Gasteiger partial charge in [-0.15, -0.1) is 0 Å². The van der Waals surface area contributed by atoms with Gasteiger partial charge in [0.05, 0.1) is 124 Å². The number of aromatic nitrogens is 9. The van der Waals surface area contributed by atoms with Crippen molar-refractivity contribution in [3.63, 3.8) is 0 Å². The summed E-state index contributed by atoms with van der Waals surface area (Å²) >= 11 is 84.3. The quantitative estimate of drug-likeness (QED) is 0.0487. The molecule has 9 aromatic heterocycles. The molecule has 3 aliphatic heterocycles. The molecule has 3 aliphatic rings.